The van der Waals surface area contributed by atoms with E-state index in [2.05, 4.69) is 16.4 Å². The van der Waals surface area contributed by atoms with Crippen LogP contribution < -0.4 is 5.32 Å². The van der Waals surface area contributed by atoms with E-state index >= 15 is 0 Å². The molecule has 7 nitrogen and oxygen atoms in total. The molecule has 162 valence electrons. The van der Waals surface area contributed by atoms with Gasteiger partial charge in [-0.1, -0.05) is 6.07 Å². The second-order valence-electron chi connectivity index (χ2n) is 7.76. The van der Waals surface area contributed by atoms with Gasteiger partial charge in [-0.2, -0.15) is 0 Å². The Labute approximate surface area is 190 Å². The molecule has 8 heteroatoms. The number of hydrogen-bond donors (Lipinski definition) is 1. The third-order valence-electron chi connectivity index (χ3n) is 5.16. The van der Waals surface area contributed by atoms with Crippen LogP contribution in [0.3, 0.4) is 0 Å². The van der Waals surface area contributed by atoms with Gasteiger partial charge in [-0.05, 0) is 92.6 Å². The van der Waals surface area contributed by atoms with Crippen molar-refractivity contribution in [3.8, 4) is 5.69 Å². The number of nitrogens with zero attached hydrogens (tertiary/aromatic N) is 3. The van der Waals surface area contributed by atoms with Crippen LogP contribution in [-0.2, 0) is 4.79 Å². The molecular weight excluding hydrogens is 424 g/mol. The van der Waals surface area contributed by atoms with E-state index in [-0.39, 0.29) is 11.6 Å². The second-order valence-corrected chi connectivity index (χ2v) is 8.79. The zero-order valence-electron chi connectivity index (χ0n) is 18.2. The van der Waals surface area contributed by atoms with E-state index in [4.69, 9.17) is 0 Å². The molecular formula is C24H22N4O3S. The monoisotopic (exact) mass is 446 g/mol. The molecule has 0 saturated carbocycles. The summed E-state index contributed by atoms with van der Waals surface area (Å²) in [7, 11) is 0. The number of aryl methyl sites for hydroxylation is 3. The molecule has 0 radical (unpaired) electrons. The average Bonchev–Trinajstić information content (AvgIpc) is 3.19. The topological polar surface area (TPSA) is 89.5 Å². The number of nitro groups is 1. The Bertz CT molecular complexity index is 1280. The number of non-ortho nitro benzene ring substituents is 1. The number of nitrogens with one attached hydrogen (secondary N) is 1. The number of nitro benzene ring substituents is 1. The number of amidine groups is 1. The van der Waals surface area contributed by atoms with Crippen LogP contribution in [0.4, 0.5) is 11.4 Å². The Morgan fingerprint density at radius 2 is 1.69 bits per heavy atom. The van der Waals surface area contributed by atoms with Crippen molar-refractivity contribution >= 4 is 40.3 Å². The molecule has 1 aliphatic heterocycles. The number of aliphatic imine (C=N–C) groups is 1. The fourth-order valence-corrected chi connectivity index (χ4v) is 4.64. The Morgan fingerprint density at radius 1 is 1.03 bits per heavy atom. The lowest BCUT2D eigenvalue weighted by molar-refractivity contribution is -0.384. The van der Waals surface area contributed by atoms with Crippen LogP contribution >= 0.6 is 11.8 Å². The molecule has 0 spiro atoms. The molecule has 0 bridgehead atoms. The maximum atomic E-state index is 12.5. The molecule has 2 aromatic carbocycles. The largest absolute Gasteiger partial charge is 0.318 e. The highest BCUT2D eigenvalue weighted by atomic mass is 32.2. The molecule has 1 aliphatic rings. The predicted octanol–water partition coefficient (Wildman–Crippen LogP) is 5.51. The maximum absolute atomic E-state index is 12.5. The number of hydrogen-bond acceptors (Lipinski definition) is 5. The van der Waals surface area contributed by atoms with E-state index in [0.29, 0.717) is 10.1 Å². The quantitative estimate of drug-likeness (QED) is 0.325. The minimum Gasteiger partial charge on any atom is -0.318 e. The predicted molar refractivity (Wildman–Crippen MR) is 129 cm³/mol. The highest BCUT2D eigenvalue weighted by Crippen LogP contribution is 2.31. The fourth-order valence-electron chi connectivity index (χ4n) is 3.81. The number of carbonyl (C=O) groups is 1. The van der Waals surface area contributed by atoms with Gasteiger partial charge in [0.1, 0.15) is 0 Å². The molecule has 32 heavy (non-hydrogen) atoms. The number of thioether (sulfide) groups is 1. The van der Waals surface area contributed by atoms with Crippen molar-refractivity contribution in [1.29, 1.82) is 0 Å². The molecule has 0 unspecified atom stereocenters. The fraction of sp³-hybridized carbons (Fsp3) is 0.167. The summed E-state index contributed by atoms with van der Waals surface area (Å²) in [5.41, 5.74) is 6.74. The maximum Gasteiger partial charge on any atom is 0.269 e. The first-order valence-corrected chi connectivity index (χ1v) is 10.8. The summed E-state index contributed by atoms with van der Waals surface area (Å²) in [5, 5.41) is 14.3. The Balaban J connectivity index is 1.63. The first-order chi connectivity index (χ1) is 15.2. The van der Waals surface area contributed by atoms with Gasteiger partial charge >= 0.3 is 0 Å². The summed E-state index contributed by atoms with van der Waals surface area (Å²) in [6, 6.07) is 14.5. The van der Waals surface area contributed by atoms with Crippen LogP contribution in [0.5, 0.6) is 0 Å². The van der Waals surface area contributed by atoms with Crippen LogP contribution in [0.25, 0.3) is 11.8 Å². The third-order valence-corrected chi connectivity index (χ3v) is 6.07. The van der Waals surface area contributed by atoms with E-state index in [0.717, 1.165) is 39.5 Å². The van der Waals surface area contributed by atoms with Crippen LogP contribution in [0, 0.1) is 37.8 Å². The first kappa shape index (κ1) is 21.6. The Morgan fingerprint density at radius 3 is 2.31 bits per heavy atom. The first-order valence-electron chi connectivity index (χ1n) is 10.0. The van der Waals surface area contributed by atoms with E-state index in [1.807, 2.05) is 56.5 Å². The van der Waals surface area contributed by atoms with Crippen LogP contribution in [0.2, 0.25) is 0 Å². The highest BCUT2D eigenvalue weighted by molar-refractivity contribution is 8.18. The van der Waals surface area contributed by atoms with Crippen molar-refractivity contribution in [3.63, 3.8) is 0 Å². The van der Waals surface area contributed by atoms with Gasteiger partial charge in [0.2, 0.25) is 0 Å². The highest BCUT2D eigenvalue weighted by Gasteiger charge is 2.24. The van der Waals surface area contributed by atoms with Gasteiger partial charge < -0.3 is 9.88 Å². The average molecular weight is 447 g/mol. The van der Waals surface area contributed by atoms with Crippen molar-refractivity contribution < 1.29 is 9.72 Å². The van der Waals surface area contributed by atoms with Crippen LogP contribution in [-0.4, -0.2) is 20.6 Å². The number of benzene rings is 2. The van der Waals surface area contributed by atoms with Crippen molar-refractivity contribution in [2.75, 3.05) is 0 Å². The van der Waals surface area contributed by atoms with Crippen molar-refractivity contribution in [2.24, 2.45) is 4.99 Å². The lowest BCUT2D eigenvalue weighted by Crippen LogP contribution is -2.19. The minimum absolute atomic E-state index is 0.0493. The second kappa shape index (κ2) is 8.47. The molecule has 2 heterocycles. The van der Waals surface area contributed by atoms with E-state index < -0.39 is 4.92 Å². The summed E-state index contributed by atoms with van der Waals surface area (Å²) < 4.78 is 2.01. The normalized spacial score (nSPS) is 16.1. The number of carbonyl (C=O) groups excluding carboxylic acids is 1. The van der Waals surface area contributed by atoms with Crippen molar-refractivity contribution in [1.82, 2.24) is 9.88 Å². The Kier molecular flexibility index (Phi) is 5.71. The molecule has 1 fully saturated rings. The van der Waals surface area contributed by atoms with Gasteiger partial charge in [-0.25, -0.2) is 4.99 Å². The van der Waals surface area contributed by atoms with Crippen molar-refractivity contribution in [2.45, 2.75) is 27.7 Å². The van der Waals surface area contributed by atoms with Gasteiger partial charge in [0.25, 0.3) is 11.6 Å². The molecule has 1 saturated heterocycles. The minimum atomic E-state index is -0.415. The molecule has 1 amide bonds. The lowest BCUT2D eigenvalue weighted by Gasteiger charge is -2.09. The smallest absolute Gasteiger partial charge is 0.269 e. The molecule has 1 aromatic heterocycles. The molecule has 0 aliphatic carbocycles. The summed E-state index contributed by atoms with van der Waals surface area (Å²) in [6.45, 7) is 7.96. The van der Waals surface area contributed by atoms with Crippen molar-refractivity contribution in [3.05, 3.63) is 91.6 Å². The van der Waals surface area contributed by atoms with E-state index in [9.17, 15) is 14.9 Å². The number of amides is 1. The van der Waals surface area contributed by atoms with E-state index in [1.54, 1.807) is 12.1 Å². The molecule has 4 rings (SSSR count). The van der Waals surface area contributed by atoms with Gasteiger partial charge in [0.15, 0.2) is 5.17 Å². The molecule has 3 aromatic rings. The van der Waals surface area contributed by atoms with Crippen LogP contribution in [0.1, 0.15) is 28.1 Å². The van der Waals surface area contributed by atoms with Crippen LogP contribution in [0.15, 0.2) is 58.4 Å². The molecule has 1 N–H and O–H groups in total. The summed E-state index contributed by atoms with van der Waals surface area (Å²) in [5.74, 6) is -0.182. The SMILES string of the molecule is Cc1cc(C)cc(N=C2NC(=O)/C(=C/c3cc(C)n(-c4ccc([N+](=O)[O-])cc4)c3C)S2)c1. The summed E-state index contributed by atoms with van der Waals surface area (Å²) in [6.07, 6.45) is 1.86. The zero-order chi connectivity index (χ0) is 23.0. The third kappa shape index (κ3) is 4.36. The number of aromatic nitrogens is 1. The lowest BCUT2D eigenvalue weighted by atomic mass is 10.1. The van der Waals surface area contributed by atoms with E-state index in [1.165, 1.54) is 23.9 Å². The zero-order valence-corrected chi connectivity index (χ0v) is 19.0. The van der Waals surface area contributed by atoms with Gasteiger partial charge in [-0.3, -0.25) is 14.9 Å². The van der Waals surface area contributed by atoms with Gasteiger partial charge in [0, 0.05) is 29.2 Å². The van der Waals surface area contributed by atoms with Gasteiger partial charge in [0.05, 0.1) is 15.5 Å². The molecule has 0 atom stereocenters. The summed E-state index contributed by atoms with van der Waals surface area (Å²) in [4.78, 5) is 28.2. The standard InChI is InChI=1S/C24H22N4O3S/c1-14-9-15(2)11-19(10-14)25-24-26-23(29)22(32-24)13-18-12-16(3)27(17(18)4)20-5-7-21(8-6-20)28(30)31/h5-13H,1-4H3,(H,25,26,29)/b22-13-. The Hall–Kier alpha value is -3.65. The summed E-state index contributed by atoms with van der Waals surface area (Å²) >= 11 is 1.31. The van der Waals surface area contributed by atoms with Gasteiger partial charge in [-0.15, -0.1) is 0 Å². The number of rotatable bonds is 4.